The molecule has 7 rings (SSSR count). The van der Waals surface area contributed by atoms with Gasteiger partial charge in [0, 0.05) is 29.5 Å². The Hall–Kier alpha value is -4.62. The van der Waals surface area contributed by atoms with E-state index in [0.29, 0.717) is 11.1 Å². The lowest BCUT2D eigenvalue weighted by Gasteiger charge is -2.34. The number of fused-ring (bicyclic) bond motifs is 2. The van der Waals surface area contributed by atoms with Crippen molar-refractivity contribution in [1.82, 2.24) is 0 Å². The molecule has 0 bridgehead atoms. The summed E-state index contributed by atoms with van der Waals surface area (Å²) in [5, 5.41) is 0. The van der Waals surface area contributed by atoms with Gasteiger partial charge in [-0.1, -0.05) is 146 Å². The van der Waals surface area contributed by atoms with E-state index < -0.39 is 34.0 Å². The van der Waals surface area contributed by atoms with Gasteiger partial charge in [0.1, 0.15) is 7.05 Å². The summed E-state index contributed by atoms with van der Waals surface area (Å²) < 4.78 is 76.9. The van der Waals surface area contributed by atoms with Crippen molar-refractivity contribution >= 4 is 46.2 Å². The van der Waals surface area contributed by atoms with Crippen LogP contribution in [0.15, 0.2) is 115 Å². The first-order valence-corrected chi connectivity index (χ1v) is 15.4. The molecule has 5 aromatic carbocycles. The zero-order chi connectivity index (χ0) is 38.9. The molecule has 0 saturated heterocycles. The van der Waals surface area contributed by atoms with Crippen molar-refractivity contribution in [2.24, 2.45) is 7.05 Å². The molecule has 0 aliphatic carbocycles. The molecule has 45 heavy (non-hydrogen) atoms. The molecule has 0 radical (unpaired) electrons. The molecule has 6 aromatic rings. The van der Waals surface area contributed by atoms with Crippen molar-refractivity contribution in [2.45, 2.75) is 41.3 Å². The number of pyridine rings is 1. The van der Waals surface area contributed by atoms with E-state index in [2.05, 4.69) is 48.5 Å². The average Bonchev–Trinajstić information content (AvgIpc) is 3.10. The minimum atomic E-state index is -2.37. The third-order valence-electron chi connectivity index (χ3n) is 9.53. The van der Waals surface area contributed by atoms with Gasteiger partial charge in [-0.3, -0.25) is 0 Å². The maximum Gasteiger partial charge on any atom is 0.240 e. The highest BCUT2D eigenvalue weighted by Gasteiger charge is 2.40. The SMILES string of the molecule is [2H]C([2H])([2H])c1ccc(-c2cc(-c3ccc4c(c3)B(c3c(C)cccc3C([2H])([2H])[2H])c3ccccc3B4c3c(C)cccc3C([2H])([2H])[2H])ccc2C)[n+](C)c1. The van der Waals surface area contributed by atoms with Crippen molar-refractivity contribution < 1.29 is 16.9 Å². The van der Waals surface area contributed by atoms with Crippen molar-refractivity contribution in [3.63, 3.8) is 0 Å². The first-order chi connectivity index (χ1) is 25.4. The normalized spacial score (nSPS) is 16.0. The van der Waals surface area contributed by atoms with Gasteiger partial charge in [0.25, 0.3) is 0 Å². The van der Waals surface area contributed by atoms with Crippen LogP contribution in [0.3, 0.4) is 0 Å². The predicted octanol–water partition coefficient (Wildman–Crippen LogP) is 5.04. The summed E-state index contributed by atoms with van der Waals surface area (Å²) in [6.07, 6.45) is 1.65. The second kappa shape index (κ2) is 11.4. The van der Waals surface area contributed by atoms with E-state index in [0.717, 1.165) is 71.9 Å². The minimum absolute atomic E-state index is 0.265. The largest absolute Gasteiger partial charge is 0.240 e. The summed E-state index contributed by atoms with van der Waals surface area (Å²) in [6, 6.07) is 35.0. The van der Waals surface area contributed by atoms with Gasteiger partial charge in [-0.15, -0.1) is 0 Å². The summed E-state index contributed by atoms with van der Waals surface area (Å²) in [5.41, 5.74) is 12.5. The fourth-order valence-electron chi connectivity index (χ4n) is 7.35. The van der Waals surface area contributed by atoms with E-state index in [1.807, 2.05) is 62.7 Å². The lowest BCUT2D eigenvalue weighted by molar-refractivity contribution is -0.660. The zero-order valence-electron chi connectivity index (χ0n) is 35.1. The second-order valence-corrected chi connectivity index (χ2v) is 12.4. The van der Waals surface area contributed by atoms with E-state index in [4.69, 9.17) is 12.3 Å². The molecule has 0 spiro atoms. The summed E-state index contributed by atoms with van der Waals surface area (Å²) >= 11 is 0. The molecule has 1 aliphatic rings. The average molecular weight is 589 g/mol. The topological polar surface area (TPSA) is 3.88 Å². The maximum atomic E-state index is 8.60. The van der Waals surface area contributed by atoms with Gasteiger partial charge in [0.15, 0.2) is 6.20 Å². The molecule has 0 N–H and O–H groups in total. The summed E-state index contributed by atoms with van der Waals surface area (Å²) in [7, 11) is 1.85. The van der Waals surface area contributed by atoms with Crippen LogP contribution < -0.4 is 37.3 Å². The van der Waals surface area contributed by atoms with Crippen LogP contribution in [0.4, 0.5) is 0 Å². The Morgan fingerprint density at radius 3 is 1.71 bits per heavy atom. The summed E-state index contributed by atoms with van der Waals surface area (Å²) in [4.78, 5) is 0. The van der Waals surface area contributed by atoms with E-state index in [9.17, 15) is 0 Å². The lowest BCUT2D eigenvalue weighted by Crippen LogP contribution is -2.75. The number of nitrogens with zero attached hydrogens (tertiary/aromatic N) is 1. The summed E-state index contributed by atoms with van der Waals surface area (Å²) in [5.74, 6) is 0. The number of aryl methyl sites for hydroxylation is 7. The highest BCUT2D eigenvalue weighted by atomic mass is 14.9. The van der Waals surface area contributed by atoms with E-state index >= 15 is 0 Å². The monoisotopic (exact) mass is 589 g/mol. The predicted molar refractivity (Wildman–Crippen MR) is 196 cm³/mol. The Morgan fingerprint density at radius 2 is 1.09 bits per heavy atom. The standard InChI is InChI=1S/C42H40B2N/c1-27-18-23-40(45(7)26-27)35-24-33(20-19-28(35)2)34-21-22-38-39(25-34)44(42-31(5)14-11-15-32(42)6)37-17-9-8-16-36(37)43(38)41-29(3)12-10-13-30(41)4/h8-26H,1-7H3/q+1/i1D3,3D3,5D3. The third kappa shape index (κ3) is 4.95. The molecular weight excluding hydrogens is 540 g/mol. The van der Waals surface area contributed by atoms with Crippen molar-refractivity contribution in [2.75, 3.05) is 0 Å². The Morgan fingerprint density at radius 1 is 0.511 bits per heavy atom. The maximum absolute atomic E-state index is 8.60. The van der Waals surface area contributed by atoms with Gasteiger partial charge in [0.2, 0.25) is 19.1 Å². The Labute approximate surface area is 282 Å². The van der Waals surface area contributed by atoms with Crippen LogP contribution in [0, 0.1) is 41.3 Å². The molecule has 0 unspecified atom stereocenters. The number of hydrogen-bond acceptors (Lipinski definition) is 0. The lowest BCUT2D eigenvalue weighted by atomic mass is 9.20. The number of hydrogen-bond donors (Lipinski definition) is 0. The fraction of sp³-hybridized carbons (Fsp3) is 0.167. The minimum Gasteiger partial charge on any atom is -0.201 e. The number of rotatable bonds is 4. The number of aromatic nitrogens is 1. The van der Waals surface area contributed by atoms with E-state index in [1.54, 1.807) is 36.5 Å². The Bertz CT molecular complexity index is 2430. The van der Waals surface area contributed by atoms with Gasteiger partial charge < -0.3 is 0 Å². The smallest absolute Gasteiger partial charge is 0.201 e. The molecule has 1 aromatic heterocycles. The molecule has 1 nitrogen and oxygen atoms in total. The Balaban J connectivity index is 1.51. The fourth-order valence-corrected chi connectivity index (χ4v) is 7.35. The van der Waals surface area contributed by atoms with Crippen LogP contribution in [-0.2, 0) is 7.05 Å². The first kappa shape index (κ1) is 20.4. The van der Waals surface area contributed by atoms with E-state index in [1.165, 1.54) is 0 Å². The molecule has 0 fully saturated rings. The van der Waals surface area contributed by atoms with Gasteiger partial charge in [-0.25, -0.2) is 4.57 Å². The Kier molecular flexibility index (Phi) is 5.17. The first-order valence-electron chi connectivity index (χ1n) is 19.9. The van der Waals surface area contributed by atoms with Crippen LogP contribution in [0.2, 0.25) is 0 Å². The third-order valence-corrected chi connectivity index (χ3v) is 9.53. The van der Waals surface area contributed by atoms with Crippen LogP contribution >= 0.6 is 0 Å². The van der Waals surface area contributed by atoms with E-state index in [-0.39, 0.29) is 5.56 Å². The molecule has 2 heterocycles. The zero-order valence-corrected chi connectivity index (χ0v) is 26.1. The highest BCUT2D eigenvalue weighted by molar-refractivity contribution is 7.11. The van der Waals surface area contributed by atoms with Crippen LogP contribution in [0.5, 0.6) is 0 Å². The van der Waals surface area contributed by atoms with Crippen LogP contribution in [0.25, 0.3) is 22.4 Å². The van der Waals surface area contributed by atoms with Gasteiger partial charge in [0.05, 0.1) is 0 Å². The summed E-state index contributed by atoms with van der Waals surface area (Å²) in [6.45, 7) is -1.86. The highest BCUT2D eigenvalue weighted by Crippen LogP contribution is 2.28. The molecule has 218 valence electrons. The molecule has 1 aliphatic heterocycles. The van der Waals surface area contributed by atoms with Crippen molar-refractivity contribution in [3.8, 4) is 22.4 Å². The van der Waals surface area contributed by atoms with Crippen LogP contribution in [0.1, 0.15) is 45.7 Å². The quantitative estimate of drug-likeness (QED) is 0.200. The van der Waals surface area contributed by atoms with Gasteiger partial charge in [-0.2, -0.15) is 0 Å². The van der Waals surface area contributed by atoms with Gasteiger partial charge in [-0.05, 0) is 70.1 Å². The second-order valence-electron chi connectivity index (χ2n) is 12.4. The molecular formula is C42H40B2N+. The van der Waals surface area contributed by atoms with Crippen molar-refractivity contribution in [1.29, 1.82) is 0 Å². The molecule has 0 atom stereocenters. The number of benzene rings is 5. The molecule has 0 amide bonds. The van der Waals surface area contributed by atoms with Gasteiger partial charge >= 0.3 is 0 Å². The van der Waals surface area contributed by atoms with Crippen LogP contribution in [-0.4, -0.2) is 13.4 Å². The van der Waals surface area contributed by atoms with Crippen molar-refractivity contribution in [3.05, 3.63) is 149 Å². The molecule has 0 saturated carbocycles. The molecule has 3 heteroatoms.